The van der Waals surface area contributed by atoms with Crippen molar-refractivity contribution in [1.82, 2.24) is 5.32 Å². The maximum absolute atomic E-state index is 12.7. The number of aromatic hydroxyl groups is 1. The fourth-order valence-corrected chi connectivity index (χ4v) is 14.9. The van der Waals surface area contributed by atoms with Crippen LogP contribution in [0.25, 0.3) is 16.3 Å². The number of amides is 4. The molecule has 105 heavy (non-hydrogen) atoms. The Hall–Kier alpha value is -11.6. The van der Waals surface area contributed by atoms with Crippen molar-refractivity contribution in [3.8, 4) is 17.2 Å². The lowest BCUT2D eigenvalue weighted by Gasteiger charge is -2.27. The molecule has 0 saturated carbocycles. The molecule has 12 aromatic carbocycles. The molecule has 7 N–H and O–H groups in total. The van der Waals surface area contributed by atoms with E-state index in [1.165, 1.54) is 59.0 Å². The molecule has 0 aromatic heterocycles. The summed E-state index contributed by atoms with van der Waals surface area (Å²) in [5.74, 6) is 1.52. The van der Waals surface area contributed by atoms with Gasteiger partial charge in [-0.15, -0.1) is 11.8 Å². The van der Waals surface area contributed by atoms with Crippen molar-refractivity contribution in [3.63, 3.8) is 0 Å². The molecule has 0 saturated heterocycles. The second-order valence-corrected chi connectivity index (χ2v) is 27.9. The first kappa shape index (κ1) is 71.8. The third-order valence-corrected chi connectivity index (χ3v) is 20.5. The number of ether oxygens (including phenoxy) is 1. The van der Waals surface area contributed by atoms with Gasteiger partial charge in [-0.2, -0.15) is 0 Å². The van der Waals surface area contributed by atoms with Crippen LogP contribution in [0.15, 0.2) is 301 Å². The largest absolute Gasteiger partial charge is 0.508 e. The van der Waals surface area contributed by atoms with Gasteiger partial charge in [-0.25, -0.2) is 9.59 Å². The van der Waals surface area contributed by atoms with E-state index in [0.29, 0.717) is 62.4 Å². The number of allylic oxidation sites excluding steroid dienone is 1. The number of nitroso groups, excluding NO2 is 1. The number of halogens is 2. The van der Waals surface area contributed by atoms with Crippen molar-refractivity contribution in [2.24, 2.45) is 4.99 Å². The highest BCUT2D eigenvalue weighted by Gasteiger charge is 2.31. The summed E-state index contributed by atoms with van der Waals surface area (Å²) in [5.41, 5.74) is 19.0. The lowest BCUT2D eigenvalue weighted by atomic mass is 9.87. The van der Waals surface area contributed by atoms with Gasteiger partial charge < -0.3 is 41.7 Å². The van der Waals surface area contributed by atoms with Crippen LogP contribution in [0.4, 0.5) is 49.4 Å². The molecule has 0 fully saturated rings. The van der Waals surface area contributed by atoms with Crippen molar-refractivity contribution < 1.29 is 34.7 Å². The van der Waals surface area contributed by atoms with Crippen LogP contribution in [0.1, 0.15) is 98.4 Å². The Labute approximate surface area is 631 Å². The normalized spacial score (nSPS) is 15.2. The van der Waals surface area contributed by atoms with Crippen LogP contribution in [-0.4, -0.2) is 46.5 Å². The molecule has 17 heteroatoms. The maximum atomic E-state index is 12.7. The van der Waals surface area contributed by atoms with Gasteiger partial charge in [-0.3, -0.25) is 9.79 Å². The lowest BCUT2D eigenvalue weighted by molar-refractivity contribution is -0.428. The van der Waals surface area contributed by atoms with Gasteiger partial charge in [0, 0.05) is 91.4 Å². The molecule has 12 aromatic rings. The quantitative estimate of drug-likeness (QED) is 0.0552. The number of aliphatic imine (C=N–C) groups is 1. The Bertz CT molecular complexity index is 5100. The molecule has 532 valence electrons. The fraction of sp³-hybridized carbons (Fsp3) is 0.136. The van der Waals surface area contributed by atoms with Crippen LogP contribution >= 0.6 is 35.0 Å². The number of urea groups is 2. The zero-order valence-corrected chi connectivity index (χ0v) is 60.2. The number of carbonyl (C=O) groups is 3. The number of rotatable bonds is 13. The number of ketones is 1. The summed E-state index contributed by atoms with van der Waals surface area (Å²) >= 11 is 13.9. The van der Waals surface area contributed by atoms with Gasteiger partial charge in [-0.05, 0) is 191 Å². The first-order valence-corrected chi connectivity index (χ1v) is 36.5. The molecule has 14 nitrogen and oxygen atoms in total. The average molecular weight is 1450 g/mol. The van der Waals surface area contributed by atoms with E-state index >= 15 is 0 Å². The molecule has 16 rings (SSSR count). The first-order chi connectivity index (χ1) is 51.2. The molecular weight excluding hydrogens is 1370 g/mol. The van der Waals surface area contributed by atoms with Gasteiger partial charge in [0.25, 0.3) is 5.69 Å². The van der Waals surface area contributed by atoms with E-state index < -0.39 is 12.1 Å². The molecule has 0 spiro atoms. The lowest BCUT2D eigenvalue weighted by Crippen LogP contribution is -2.32. The number of para-hydroxylation sites is 3. The standard InChI is InChI=1S/C26H20Cl2N4O3.C22H19N2OS.C21H23N.C19H15NO2.4H2/c27-21-5-1-3-7-23(21)31-25(33)29-17-9-13-19(14-10-17)35-20-15-11-18(12-16-20)30-26(34)32-24-8-4-2-6-22(24)28;1-24(25)18-13-11-17(12-14-18)22-15-20(16-7-3-2-4-8-16)23-19-9-5-6-10-21(19)26-22;1-15-10-11-17-13-20-18(19(17)12-15)8-5-9-21(20)22-14-16-6-3-2-4-7-16;21-14-6-3-5-13(10-14)17-11-18(22)19-15-7-2-1-4-12(15)8-9-16(19)20-17;;;;/h1-16H,(H2,29,31,33)(H2,30,32,34);2-14,22H,15H2,1H3;2-4,6-7,10-12,21-22H,5,8-9,13-14H2,1H3;1-10,17,20-21H,11H2;4*1H/q;+1;;;;;;. The fourth-order valence-electron chi connectivity index (χ4n) is 13.3. The van der Waals surface area contributed by atoms with Crippen LogP contribution in [0, 0.1) is 11.8 Å². The molecule has 0 bridgehead atoms. The summed E-state index contributed by atoms with van der Waals surface area (Å²) in [7, 11) is 1.52. The minimum atomic E-state index is -0.409. The van der Waals surface area contributed by atoms with E-state index in [1.54, 1.807) is 126 Å². The number of hydrogen-bond acceptors (Lipinski definition) is 10. The summed E-state index contributed by atoms with van der Waals surface area (Å²) in [4.78, 5) is 54.7. The number of thioether (sulfide) groups is 1. The zero-order chi connectivity index (χ0) is 72.6. The topological polar surface area (TPSA) is 185 Å². The Morgan fingerprint density at radius 1 is 0.629 bits per heavy atom. The van der Waals surface area contributed by atoms with Crippen LogP contribution in [0.3, 0.4) is 0 Å². The monoisotopic (exact) mass is 1450 g/mol. The van der Waals surface area contributed by atoms with Gasteiger partial charge in [0.05, 0.1) is 33.1 Å². The molecule has 2 heterocycles. The number of phenols is 1. The van der Waals surface area contributed by atoms with Gasteiger partial charge in [0.1, 0.15) is 17.2 Å². The maximum Gasteiger partial charge on any atom is 0.323 e. The Kier molecular flexibility index (Phi) is 23.3. The second-order valence-electron chi connectivity index (χ2n) is 25.8. The van der Waals surface area contributed by atoms with E-state index in [4.69, 9.17) is 32.9 Å². The summed E-state index contributed by atoms with van der Waals surface area (Å²) in [6.07, 6.45) is 6.23. The predicted molar refractivity (Wildman–Crippen MR) is 438 cm³/mol. The predicted octanol–water partition coefficient (Wildman–Crippen LogP) is 24.1. The van der Waals surface area contributed by atoms with Crippen LogP contribution in [0.2, 0.25) is 10.0 Å². The SMILES string of the molecule is C[N+](=O)c1ccc(C2CC(c3ccccc3)=Nc3ccccc3S2)cc1.Cc1ccc2c(c1)C1=C(C2)C(NCc2ccccc2)CCC1.O=C(Nc1ccc(Oc2ccc(NC(=O)Nc3ccccc3Cl)cc2)cc1)Nc1ccccc1Cl.O=C1CC(c2cccc(O)c2)Nc2ccc3ccccc3c21.[HH].[HH].[HH].[HH]. The number of benzene rings is 12. The van der Waals surface area contributed by atoms with Crippen LogP contribution in [0.5, 0.6) is 17.2 Å². The van der Waals surface area contributed by atoms with Crippen molar-refractivity contribution in [2.45, 2.75) is 74.2 Å². The number of nitrogens with one attached hydrogen (secondary N) is 6. The van der Waals surface area contributed by atoms with Crippen molar-refractivity contribution >= 4 is 115 Å². The number of aryl methyl sites for hydroxylation is 1. The molecule has 3 unspecified atom stereocenters. The Morgan fingerprint density at radius 2 is 1.25 bits per heavy atom. The highest BCUT2D eigenvalue weighted by Crippen LogP contribution is 2.47. The number of anilines is 5. The molecule has 2 aliphatic heterocycles. The van der Waals surface area contributed by atoms with Gasteiger partial charge in [0.15, 0.2) is 12.8 Å². The first-order valence-electron chi connectivity index (χ1n) is 34.8. The van der Waals surface area contributed by atoms with E-state index in [0.717, 1.165) is 68.7 Å². The third kappa shape index (κ3) is 18.6. The van der Waals surface area contributed by atoms with Gasteiger partial charge in [0.2, 0.25) is 0 Å². The summed E-state index contributed by atoms with van der Waals surface area (Å²) in [6.45, 7) is 3.17. The van der Waals surface area contributed by atoms with Crippen LogP contribution in [-0.2, 0) is 13.0 Å². The molecule has 4 amide bonds. The Balaban J connectivity index is 0.000000168. The number of phenolic OH excluding ortho intramolecular Hbond substituents is 1. The summed E-state index contributed by atoms with van der Waals surface area (Å²) in [6, 6.07) is 90.6. The van der Waals surface area contributed by atoms with E-state index in [-0.39, 0.29) is 28.5 Å². The number of carbonyl (C=O) groups excluding carboxylic acids is 3. The highest BCUT2D eigenvalue weighted by molar-refractivity contribution is 7.99. The molecule has 3 atom stereocenters. The number of fused-ring (bicyclic) bond motifs is 6. The molecule has 0 radical (unpaired) electrons. The van der Waals surface area contributed by atoms with Crippen molar-refractivity contribution in [3.05, 3.63) is 350 Å². The average Bonchev–Trinajstić information content (AvgIpc) is 1.75. The second kappa shape index (κ2) is 34.1. The smallest absolute Gasteiger partial charge is 0.323 e. The summed E-state index contributed by atoms with van der Waals surface area (Å²) < 4.78 is 6.71. The Morgan fingerprint density at radius 3 is 1.90 bits per heavy atom. The minimum absolute atomic E-state index is 0. The third-order valence-electron chi connectivity index (χ3n) is 18.5. The summed E-state index contributed by atoms with van der Waals surface area (Å²) in [5, 5.41) is 31.0. The zero-order valence-electron chi connectivity index (χ0n) is 57.9. The van der Waals surface area contributed by atoms with E-state index in [1.807, 2.05) is 78.5 Å². The number of Topliss-reactive ketones (excluding diaryl/α,β-unsaturated/α-hetero) is 1. The van der Waals surface area contributed by atoms with Crippen LogP contribution < -0.4 is 36.6 Å². The van der Waals surface area contributed by atoms with E-state index in [9.17, 15) is 24.4 Å². The number of nitrogens with zero attached hydrogens (tertiary/aromatic N) is 2. The van der Waals surface area contributed by atoms with Crippen molar-refractivity contribution in [1.29, 1.82) is 0 Å². The minimum Gasteiger partial charge on any atom is -0.508 e. The molecule has 2 aliphatic carbocycles. The van der Waals surface area contributed by atoms with Gasteiger partial charge >= 0.3 is 12.1 Å². The van der Waals surface area contributed by atoms with Gasteiger partial charge in [-0.1, -0.05) is 199 Å². The molecular formula is C88H85Cl2N8O6S+. The van der Waals surface area contributed by atoms with E-state index in [2.05, 4.69) is 142 Å². The number of hydrogen-bond donors (Lipinski definition) is 7. The molecule has 4 aliphatic rings. The highest BCUT2D eigenvalue weighted by atomic mass is 35.5. The van der Waals surface area contributed by atoms with Crippen molar-refractivity contribution in [2.75, 3.05) is 33.6 Å².